The molecule has 1 N–H and O–H groups in total. The van der Waals surface area contributed by atoms with E-state index in [1.807, 2.05) is 58.3 Å². The van der Waals surface area contributed by atoms with Crippen molar-refractivity contribution in [1.82, 2.24) is 29.5 Å². The molecule has 0 aliphatic heterocycles. The molecule has 5 rings (SSSR count). The summed E-state index contributed by atoms with van der Waals surface area (Å²) < 4.78 is 3.77. The van der Waals surface area contributed by atoms with Crippen molar-refractivity contribution in [3.63, 3.8) is 0 Å². The summed E-state index contributed by atoms with van der Waals surface area (Å²) in [6.07, 6.45) is 5.62. The number of benzene rings is 1. The lowest BCUT2D eigenvalue weighted by Crippen LogP contribution is -2.00. The molecule has 25 heavy (non-hydrogen) atoms. The van der Waals surface area contributed by atoms with Crippen LogP contribution in [0.5, 0.6) is 0 Å². The molecule has 5 aromatic rings. The van der Waals surface area contributed by atoms with Crippen LogP contribution in [0.3, 0.4) is 0 Å². The van der Waals surface area contributed by atoms with Crippen LogP contribution in [0, 0.1) is 0 Å². The zero-order chi connectivity index (χ0) is 16.6. The summed E-state index contributed by atoms with van der Waals surface area (Å²) in [5.41, 5.74) is 3.76. The van der Waals surface area contributed by atoms with E-state index >= 15 is 0 Å². The van der Waals surface area contributed by atoms with Crippen molar-refractivity contribution in [3.05, 3.63) is 71.3 Å². The molecule has 1 aromatic carbocycles. The molecule has 0 atom stereocenters. The van der Waals surface area contributed by atoms with Crippen molar-refractivity contribution in [1.29, 1.82) is 0 Å². The molecule has 0 fully saturated rings. The number of aromatic amines is 1. The maximum Gasteiger partial charge on any atom is 0.177 e. The Hall–Kier alpha value is -3.19. The Balaban J connectivity index is 1.49. The van der Waals surface area contributed by atoms with Crippen molar-refractivity contribution in [2.45, 2.75) is 6.54 Å². The quantitative estimate of drug-likeness (QED) is 0.539. The van der Waals surface area contributed by atoms with Gasteiger partial charge < -0.3 is 4.98 Å². The number of hydrogen-bond acceptors (Lipinski definition) is 4. The molecule has 0 radical (unpaired) electrons. The summed E-state index contributed by atoms with van der Waals surface area (Å²) in [4.78, 5) is 9.31. The van der Waals surface area contributed by atoms with Crippen molar-refractivity contribution in [3.8, 4) is 17.1 Å². The number of imidazole rings is 1. The van der Waals surface area contributed by atoms with Crippen LogP contribution in [0.25, 0.3) is 28.2 Å². The van der Waals surface area contributed by atoms with E-state index in [4.69, 9.17) is 4.98 Å². The fourth-order valence-electron chi connectivity index (χ4n) is 2.82. The molecule has 0 bridgehead atoms. The number of nitrogens with zero attached hydrogens (tertiary/aromatic N) is 5. The standard InChI is InChI=1S/C18H14N6S/c1-2-5-14(6-3-1)23-11-13(9-19-23)17-21-16-10-20-24(18(16)22-17)12-15-7-4-8-25-15/h1-11H,12H2,(H,21,22). The highest BCUT2D eigenvalue weighted by Gasteiger charge is 2.13. The van der Waals surface area contributed by atoms with Crippen LogP contribution in [-0.2, 0) is 6.54 Å². The van der Waals surface area contributed by atoms with Gasteiger partial charge in [0.25, 0.3) is 0 Å². The predicted molar refractivity (Wildman–Crippen MR) is 97.9 cm³/mol. The molecule has 0 spiro atoms. The SMILES string of the molecule is c1ccc(-n2cc(-c3nc4c(cnn4Cc4cccs4)[nH]3)cn2)cc1. The Morgan fingerprint density at radius 2 is 1.92 bits per heavy atom. The van der Waals surface area contributed by atoms with E-state index in [0.717, 1.165) is 34.8 Å². The van der Waals surface area contributed by atoms with Gasteiger partial charge in [-0.1, -0.05) is 24.3 Å². The largest absolute Gasteiger partial charge is 0.335 e. The number of nitrogens with one attached hydrogen (secondary N) is 1. The van der Waals surface area contributed by atoms with Gasteiger partial charge in [-0.3, -0.25) is 0 Å². The number of rotatable bonds is 4. The predicted octanol–water partition coefficient (Wildman–Crippen LogP) is 3.72. The van der Waals surface area contributed by atoms with Gasteiger partial charge in [0.15, 0.2) is 5.65 Å². The van der Waals surface area contributed by atoms with Gasteiger partial charge in [0.05, 0.1) is 30.2 Å². The zero-order valence-corrected chi connectivity index (χ0v) is 14.0. The Morgan fingerprint density at radius 3 is 2.76 bits per heavy atom. The molecule has 0 amide bonds. The topological polar surface area (TPSA) is 64.3 Å². The lowest BCUT2D eigenvalue weighted by molar-refractivity contribution is 0.713. The van der Waals surface area contributed by atoms with Crippen molar-refractivity contribution in [2.75, 3.05) is 0 Å². The van der Waals surface area contributed by atoms with Crippen LogP contribution in [-0.4, -0.2) is 29.5 Å². The van der Waals surface area contributed by atoms with Crippen molar-refractivity contribution >= 4 is 22.5 Å². The first-order valence-corrected chi connectivity index (χ1v) is 8.79. The van der Waals surface area contributed by atoms with E-state index in [1.54, 1.807) is 11.3 Å². The molecule has 0 saturated carbocycles. The van der Waals surface area contributed by atoms with Gasteiger partial charge in [-0.2, -0.15) is 10.2 Å². The first-order chi connectivity index (χ1) is 12.4. The lowest BCUT2D eigenvalue weighted by atomic mass is 10.3. The molecule has 122 valence electrons. The van der Waals surface area contributed by atoms with E-state index in [0.29, 0.717) is 0 Å². The second-order valence-corrected chi connectivity index (χ2v) is 6.75. The third-order valence-corrected chi connectivity index (χ3v) is 4.91. The van der Waals surface area contributed by atoms with E-state index in [2.05, 4.69) is 32.7 Å². The van der Waals surface area contributed by atoms with E-state index in [9.17, 15) is 0 Å². The second kappa shape index (κ2) is 5.71. The maximum atomic E-state index is 4.73. The second-order valence-electron chi connectivity index (χ2n) is 5.71. The van der Waals surface area contributed by atoms with Crippen LogP contribution in [0.15, 0.2) is 66.4 Å². The number of thiophene rings is 1. The minimum atomic E-state index is 0.731. The Labute approximate surface area is 147 Å². The number of hydrogen-bond donors (Lipinski definition) is 1. The number of fused-ring (bicyclic) bond motifs is 1. The summed E-state index contributed by atoms with van der Waals surface area (Å²) in [7, 11) is 0. The van der Waals surface area contributed by atoms with E-state index in [1.165, 1.54) is 4.88 Å². The Morgan fingerprint density at radius 1 is 1.00 bits per heavy atom. The summed E-state index contributed by atoms with van der Waals surface area (Å²) in [6.45, 7) is 0.731. The van der Waals surface area contributed by atoms with Crippen molar-refractivity contribution < 1.29 is 0 Å². The number of aromatic nitrogens is 6. The third-order valence-electron chi connectivity index (χ3n) is 4.04. The number of para-hydroxylation sites is 1. The van der Waals surface area contributed by atoms with Crippen molar-refractivity contribution in [2.24, 2.45) is 0 Å². The molecule has 0 saturated heterocycles. The van der Waals surface area contributed by atoms with Crippen LogP contribution in [0.4, 0.5) is 0 Å². The lowest BCUT2D eigenvalue weighted by Gasteiger charge is -1.99. The highest BCUT2D eigenvalue weighted by atomic mass is 32.1. The van der Waals surface area contributed by atoms with Crippen LogP contribution in [0.2, 0.25) is 0 Å². The summed E-state index contributed by atoms with van der Waals surface area (Å²) in [5.74, 6) is 0.800. The molecule has 0 aliphatic carbocycles. The minimum absolute atomic E-state index is 0.731. The average molecular weight is 346 g/mol. The molecule has 6 nitrogen and oxygen atoms in total. The van der Waals surface area contributed by atoms with Crippen LogP contribution < -0.4 is 0 Å². The van der Waals surface area contributed by atoms with E-state index < -0.39 is 0 Å². The Bertz CT molecular complexity index is 1120. The highest BCUT2D eigenvalue weighted by Crippen LogP contribution is 2.22. The first kappa shape index (κ1) is 14.2. The fourth-order valence-corrected chi connectivity index (χ4v) is 3.50. The van der Waals surface area contributed by atoms with Crippen LogP contribution in [0.1, 0.15) is 4.88 Å². The van der Waals surface area contributed by atoms with Gasteiger partial charge in [0.1, 0.15) is 11.3 Å². The zero-order valence-electron chi connectivity index (χ0n) is 13.2. The highest BCUT2D eigenvalue weighted by molar-refractivity contribution is 7.09. The molecule has 4 aromatic heterocycles. The molecular weight excluding hydrogens is 332 g/mol. The smallest absolute Gasteiger partial charge is 0.177 e. The molecule has 4 heterocycles. The number of H-pyrrole nitrogens is 1. The maximum absolute atomic E-state index is 4.73. The molecule has 7 heteroatoms. The normalized spacial score (nSPS) is 11.4. The summed E-state index contributed by atoms with van der Waals surface area (Å²) >= 11 is 1.72. The van der Waals surface area contributed by atoms with Gasteiger partial charge >= 0.3 is 0 Å². The average Bonchev–Trinajstić information content (AvgIpc) is 3.42. The van der Waals surface area contributed by atoms with Crippen LogP contribution >= 0.6 is 11.3 Å². The summed E-state index contributed by atoms with van der Waals surface area (Å²) in [5, 5.41) is 10.9. The minimum Gasteiger partial charge on any atom is -0.335 e. The van der Waals surface area contributed by atoms with Gasteiger partial charge in [-0.05, 0) is 23.6 Å². The van der Waals surface area contributed by atoms with E-state index in [-0.39, 0.29) is 0 Å². The van der Waals surface area contributed by atoms with Gasteiger partial charge in [0.2, 0.25) is 0 Å². The van der Waals surface area contributed by atoms with Gasteiger partial charge in [0, 0.05) is 11.1 Å². The monoisotopic (exact) mass is 346 g/mol. The summed E-state index contributed by atoms with van der Waals surface area (Å²) in [6, 6.07) is 14.2. The molecule has 0 aliphatic rings. The third kappa shape index (κ3) is 2.54. The Kier molecular flexibility index (Phi) is 3.24. The molecule has 0 unspecified atom stereocenters. The molecular formula is C18H14N6S. The van der Waals surface area contributed by atoms with Gasteiger partial charge in [-0.15, -0.1) is 11.3 Å². The van der Waals surface area contributed by atoms with Gasteiger partial charge in [-0.25, -0.2) is 14.3 Å². The first-order valence-electron chi connectivity index (χ1n) is 7.91. The fraction of sp³-hybridized carbons (Fsp3) is 0.0556.